The van der Waals surface area contributed by atoms with Gasteiger partial charge in [-0.25, -0.2) is 4.39 Å². The van der Waals surface area contributed by atoms with Crippen LogP contribution in [0.2, 0.25) is 10.0 Å². The molecule has 0 aliphatic rings. The van der Waals surface area contributed by atoms with E-state index in [0.29, 0.717) is 26.5 Å². The Morgan fingerprint density at radius 2 is 1.95 bits per heavy atom. The maximum atomic E-state index is 13.8. The van der Waals surface area contributed by atoms with Gasteiger partial charge in [-0.2, -0.15) is 0 Å². The van der Waals surface area contributed by atoms with Crippen LogP contribution in [-0.4, -0.2) is 0 Å². The number of hydrogen-bond donors (Lipinski definition) is 1. The summed E-state index contributed by atoms with van der Waals surface area (Å²) >= 11 is 15.3. The van der Waals surface area contributed by atoms with E-state index in [0.717, 1.165) is 5.56 Å². The van der Waals surface area contributed by atoms with Crippen LogP contribution in [0.1, 0.15) is 17.2 Å². The minimum atomic E-state index is -0.468. The standard InChI is InChI=1S/C14H11BrCl2FN/c15-9-4-5-10(12(18)7-9)13(19)6-8-2-1-3-11(16)14(8)17/h1-5,7,13H,6,19H2. The van der Waals surface area contributed by atoms with Gasteiger partial charge in [0.1, 0.15) is 5.82 Å². The van der Waals surface area contributed by atoms with Crippen LogP contribution in [0.25, 0.3) is 0 Å². The summed E-state index contributed by atoms with van der Waals surface area (Å²) < 4.78 is 14.5. The van der Waals surface area contributed by atoms with Gasteiger partial charge in [-0.15, -0.1) is 0 Å². The lowest BCUT2D eigenvalue weighted by Gasteiger charge is -2.14. The molecule has 5 heteroatoms. The van der Waals surface area contributed by atoms with Crippen molar-refractivity contribution in [3.63, 3.8) is 0 Å². The van der Waals surface area contributed by atoms with Gasteiger partial charge in [0.2, 0.25) is 0 Å². The predicted octanol–water partition coefficient (Wildman–Crippen LogP) is 5.14. The molecular weight excluding hydrogens is 352 g/mol. The molecule has 0 heterocycles. The molecule has 0 bridgehead atoms. The summed E-state index contributed by atoms with van der Waals surface area (Å²) in [6.07, 6.45) is 0.429. The van der Waals surface area contributed by atoms with Gasteiger partial charge in [-0.05, 0) is 30.2 Å². The minimum absolute atomic E-state index is 0.333. The zero-order valence-electron chi connectivity index (χ0n) is 9.84. The van der Waals surface area contributed by atoms with Gasteiger partial charge in [0, 0.05) is 16.1 Å². The second kappa shape index (κ2) is 6.23. The van der Waals surface area contributed by atoms with E-state index >= 15 is 0 Å². The molecular formula is C14H11BrCl2FN. The van der Waals surface area contributed by atoms with E-state index in [9.17, 15) is 4.39 Å². The van der Waals surface area contributed by atoms with Crippen molar-refractivity contribution in [2.24, 2.45) is 5.73 Å². The Kier molecular flexibility index (Phi) is 4.85. The van der Waals surface area contributed by atoms with Crippen LogP contribution in [0.4, 0.5) is 4.39 Å². The average Bonchev–Trinajstić information content (AvgIpc) is 2.34. The lowest BCUT2D eigenvalue weighted by atomic mass is 9.99. The fourth-order valence-electron chi connectivity index (χ4n) is 1.86. The number of nitrogens with two attached hydrogens (primary N) is 1. The molecule has 0 radical (unpaired) electrons. The molecule has 1 unspecified atom stereocenters. The molecule has 0 amide bonds. The zero-order chi connectivity index (χ0) is 14.0. The number of hydrogen-bond acceptors (Lipinski definition) is 1. The third-order valence-corrected chi connectivity index (χ3v) is 4.18. The molecule has 19 heavy (non-hydrogen) atoms. The first kappa shape index (κ1) is 14.8. The van der Waals surface area contributed by atoms with Crippen molar-refractivity contribution in [3.8, 4) is 0 Å². The van der Waals surface area contributed by atoms with Crippen LogP contribution < -0.4 is 5.73 Å². The molecule has 0 aromatic heterocycles. The number of halogens is 4. The first-order chi connectivity index (χ1) is 8.99. The summed E-state index contributed by atoms with van der Waals surface area (Å²) in [6.45, 7) is 0. The molecule has 2 N–H and O–H groups in total. The molecule has 1 atom stereocenters. The van der Waals surface area contributed by atoms with E-state index in [1.54, 1.807) is 24.3 Å². The van der Waals surface area contributed by atoms with Gasteiger partial charge >= 0.3 is 0 Å². The maximum Gasteiger partial charge on any atom is 0.129 e. The van der Waals surface area contributed by atoms with Crippen molar-refractivity contribution in [2.45, 2.75) is 12.5 Å². The van der Waals surface area contributed by atoms with E-state index in [1.807, 2.05) is 6.07 Å². The van der Waals surface area contributed by atoms with Crippen molar-refractivity contribution in [1.29, 1.82) is 0 Å². The topological polar surface area (TPSA) is 26.0 Å². The molecule has 2 aromatic carbocycles. The number of benzene rings is 2. The van der Waals surface area contributed by atoms with Crippen LogP contribution in [0.15, 0.2) is 40.9 Å². The Balaban J connectivity index is 2.25. The molecule has 0 saturated carbocycles. The highest BCUT2D eigenvalue weighted by Crippen LogP contribution is 2.29. The van der Waals surface area contributed by atoms with Crippen molar-refractivity contribution < 1.29 is 4.39 Å². The van der Waals surface area contributed by atoms with E-state index in [2.05, 4.69) is 15.9 Å². The Morgan fingerprint density at radius 3 is 2.63 bits per heavy atom. The van der Waals surface area contributed by atoms with Gasteiger partial charge in [0.25, 0.3) is 0 Å². The molecule has 2 aromatic rings. The van der Waals surface area contributed by atoms with Gasteiger partial charge < -0.3 is 5.73 Å². The summed E-state index contributed by atoms with van der Waals surface area (Å²) in [4.78, 5) is 0. The Hall–Kier alpha value is -0.610. The molecule has 2 rings (SSSR count). The number of rotatable bonds is 3. The van der Waals surface area contributed by atoms with Crippen LogP contribution in [0.5, 0.6) is 0 Å². The Morgan fingerprint density at radius 1 is 1.21 bits per heavy atom. The van der Waals surface area contributed by atoms with Crippen molar-refractivity contribution in [3.05, 3.63) is 67.9 Å². The van der Waals surface area contributed by atoms with Gasteiger partial charge in [-0.1, -0.05) is 57.3 Å². The first-order valence-electron chi connectivity index (χ1n) is 5.62. The highest BCUT2D eigenvalue weighted by atomic mass is 79.9. The molecule has 1 nitrogen and oxygen atoms in total. The minimum Gasteiger partial charge on any atom is -0.324 e. The maximum absolute atomic E-state index is 13.8. The molecule has 0 spiro atoms. The van der Waals surface area contributed by atoms with Crippen LogP contribution in [0.3, 0.4) is 0 Å². The SMILES string of the molecule is NC(Cc1cccc(Cl)c1Cl)c1ccc(Br)cc1F. The zero-order valence-corrected chi connectivity index (χ0v) is 12.9. The molecule has 0 aliphatic carbocycles. The Bertz CT molecular complexity index is 604. The summed E-state index contributed by atoms with van der Waals surface area (Å²) in [7, 11) is 0. The normalized spacial score (nSPS) is 12.5. The third kappa shape index (κ3) is 3.48. The second-order valence-corrected chi connectivity index (χ2v) is 5.89. The average molecular weight is 363 g/mol. The Labute approximate surface area is 129 Å². The van der Waals surface area contributed by atoms with Gasteiger partial charge in [0.05, 0.1) is 10.0 Å². The van der Waals surface area contributed by atoms with Gasteiger partial charge in [0.15, 0.2) is 0 Å². The molecule has 100 valence electrons. The van der Waals surface area contributed by atoms with E-state index < -0.39 is 6.04 Å². The molecule has 0 saturated heterocycles. The van der Waals surface area contributed by atoms with Crippen molar-refractivity contribution in [1.82, 2.24) is 0 Å². The smallest absolute Gasteiger partial charge is 0.129 e. The van der Waals surface area contributed by atoms with Crippen molar-refractivity contribution >= 4 is 39.1 Å². The van der Waals surface area contributed by atoms with Gasteiger partial charge in [-0.3, -0.25) is 0 Å². The van der Waals surface area contributed by atoms with Crippen LogP contribution in [-0.2, 0) is 6.42 Å². The third-order valence-electron chi connectivity index (χ3n) is 2.83. The summed E-state index contributed by atoms with van der Waals surface area (Å²) in [6, 6.07) is 9.71. The second-order valence-electron chi connectivity index (χ2n) is 4.19. The summed E-state index contributed by atoms with van der Waals surface area (Å²) in [5.41, 5.74) is 7.31. The van der Waals surface area contributed by atoms with Crippen molar-refractivity contribution in [2.75, 3.05) is 0 Å². The summed E-state index contributed by atoms with van der Waals surface area (Å²) in [5, 5.41) is 0.944. The lowest BCUT2D eigenvalue weighted by molar-refractivity contribution is 0.579. The fraction of sp³-hybridized carbons (Fsp3) is 0.143. The monoisotopic (exact) mass is 361 g/mol. The molecule has 0 fully saturated rings. The largest absolute Gasteiger partial charge is 0.324 e. The lowest BCUT2D eigenvalue weighted by Crippen LogP contribution is -2.15. The van der Waals surface area contributed by atoms with E-state index in [-0.39, 0.29) is 5.82 Å². The highest BCUT2D eigenvalue weighted by Gasteiger charge is 2.14. The van der Waals surface area contributed by atoms with E-state index in [1.165, 1.54) is 6.07 Å². The predicted molar refractivity (Wildman–Crippen MR) is 81.2 cm³/mol. The molecule has 0 aliphatic heterocycles. The fourth-order valence-corrected chi connectivity index (χ4v) is 2.59. The summed E-state index contributed by atoms with van der Waals surface area (Å²) in [5.74, 6) is -0.333. The van der Waals surface area contributed by atoms with Crippen LogP contribution in [0, 0.1) is 5.82 Å². The highest BCUT2D eigenvalue weighted by molar-refractivity contribution is 9.10. The van der Waals surface area contributed by atoms with E-state index in [4.69, 9.17) is 28.9 Å². The quantitative estimate of drug-likeness (QED) is 0.803. The first-order valence-corrected chi connectivity index (χ1v) is 7.17. The van der Waals surface area contributed by atoms with Crippen LogP contribution >= 0.6 is 39.1 Å².